The van der Waals surface area contributed by atoms with Crippen LogP contribution in [0.5, 0.6) is 0 Å². The van der Waals surface area contributed by atoms with Crippen LogP contribution in [0.25, 0.3) is 11.4 Å². The van der Waals surface area contributed by atoms with Crippen molar-refractivity contribution in [1.82, 2.24) is 20.1 Å². The molecule has 1 atom stereocenters. The Kier molecular flexibility index (Phi) is 4.89. The minimum absolute atomic E-state index is 0.0499. The molecule has 2 heterocycles. The largest absolute Gasteiger partial charge is 0.478 e. The Balaban J connectivity index is 1.58. The van der Waals surface area contributed by atoms with Crippen molar-refractivity contribution in [2.24, 2.45) is 0 Å². The number of rotatable bonds is 4. The summed E-state index contributed by atoms with van der Waals surface area (Å²) in [7, 11) is 0. The number of H-pyrrole nitrogens is 1. The van der Waals surface area contributed by atoms with E-state index >= 15 is 0 Å². The molecule has 0 aliphatic carbocycles. The molecule has 4 rings (SSSR count). The molecule has 1 amide bonds. The van der Waals surface area contributed by atoms with Gasteiger partial charge in [0.15, 0.2) is 5.82 Å². The van der Waals surface area contributed by atoms with Crippen LogP contribution in [0.1, 0.15) is 45.0 Å². The zero-order valence-electron chi connectivity index (χ0n) is 15.2. The van der Waals surface area contributed by atoms with Crippen molar-refractivity contribution in [2.45, 2.75) is 18.8 Å². The number of carbonyl (C=O) groups excluding carboxylic acids is 1. The third-order valence-corrected chi connectivity index (χ3v) is 5.14. The summed E-state index contributed by atoms with van der Waals surface area (Å²) < 4.78 is 0. The topological polar surface area (TPSA) is 99.2 Å². The van der Waals surface area contributed by atoms with E-state index in [2.05, 4.69) is 15.2 Å². The second-order valence-corrected chi connectivity index (χ2v) is 6.90. The van der Waals surface area contributed by atoms with Crippen LogP contribution in [0.2, 0.25) is 0 Å². The molecule has 0 radical (unpaired) electrons. The lowest BCUT2D eigenvalue weighted by Gasteiger charge is -2.33. The molecule has 1 aliphatic heterocycles. The first-order chi connectivity index (χ1) is 13.6. The second-order valence-electron chi connectivity index (χ2n) is 6.90. The van der Waals surface area contributed by atoms with Crippen LogP contribution in [0, 0.1) is 0 Å². The number of carboxylic acids is 1. The van der Waals surface area contributed by atoms with Crippen molar-refractivity contribution in [3.05, 3.63) is 71.5 Å². The van der Waals surface area contributed by atoms with Crippen LogP contribution in [-0.2, 0) is 0 Å². The number of carbonyl (C=O) groups is 2. The van der Waals surface area contributed by atoms with Crippen LogP contribution in [0.3, 0.4) is 0 Å². The summed E-state index contributed by atoms with van der Waals surface area (Å²) in [5, 5.41) is 15.9. The number of likely N-dealkylation sites (tertiary alicyclic amines) is 1. The molecule has 1 fully saturated rings. The Bertz CT molecular complexity index is 1000. The van der Waals surface area contributed by atoms with Gasteiger partial charge in [-0.05, 0) is 36.6 Å². The molecule has 0 unspecified atom stereocenters. The van der Waals surface area contributed by atoms with E-state index in [1.165, 1.54) is 6.33 Å². The first kappa shape index (κ1) is 17.9. The summed E-state index contributed by atoms with van der Waals surface area (Å²) >= 11 is 0. The maximum Gasteiger partial charge on any atom is 0.335 e. The zero-order chi connectivity index (χ0) is 19.5. The summed E-state index contributed by atoms with van der Waals surface area (Å²) in [5.41, 5.74) is 2.54. The third kappa shape index (κ3) is 3.51. The van der Waals surface area contributed by atoms with Crippen molar-refractivity contribution < 1.29 is 14.7 Å². The average molecular weight is 376 g/mol. The highest BCUT2D eigenvalue weighted by Gasteiger charge is 2.27. The van der Waals surface area contributed by atoms with E-state index in [0.29, 0.717) is 24.5 Å². The number of piperidine rings is 1. The van der Waals surface area contributed by atoms with Crippen molar-refractivity contribution in [3.63, 3.8) is 0 Å². The van der Waals surface area contributed by atoms with Gasteiger partial charge >= 0.3 is 5.97 Å². The van der Waals surface area contributed by atoms with Gasteiger partial charge in [-0.3, -0.25) is 9.89 Å². The van der Waals surface area contributed by atoms with Crippen LogP contribution in [0.15, 0.2) is 54.9 Å². The molecule has 0 bridgehead atoms. The van der Waals surface area contributed by atoms with Crippen LogP contribution in [0.4, 0.5) is 0 Å². The van der Waals surface area contributed by atoms with Crippen molar-refractivity contribution in [1.29, 1.82) is 0 Å². The summed E-state index contributed by atoms with van der Waals surface area (Å²) in [6, 6.07) is 14.4. The number of benzene rings is 2. The molecule has 0 saturated carbocycles. The van der Waals surface area contributed by atoms with Crippen molar-refractivity contribution in [2.75, 3.05) is 13.1 Å². The Hall–Kier alpha value is -3.48. The molecule has 28 heavy (non-hydrogen) atoms. The molecule has 1 aromatic heterocycles. The van der Waals surface area contributed by atoms with Gasteiger partial charge in [0.2, 0.25) is 0 Å². The molecule has 2 aromatic carbocycles. The number of carboxylic acid groups (broad SMARTS) is 1. The predicted molar refractivity (Wildman–Crippen MR) is 103 cm³/mol. The molecule has 3 aromatic rings. The van der Waals surface area contributed by atoms with Crippen molar-refractivity contribution >= 4 is 11.9 Å². The molecular weight excluding hydrogens is 356 g/mol. The van der Waals surface area contributed by atoms with Gasteiger partial charge in [0.25, 0.3) is 5.91 Å². The molecule has 1 aliphatic rings. The molecule has 0 spiro atoms. The summed E-state index contributed by atoms with van der Waals surface area (Å²) in [5.74, 6) is -0.307. The fourth-order valence-electron chi connectivity index (χ4n) is 3.74. The van der Waals surface area contributed by atoms with Crippen LogP contribution in [-0.4, -0.2) is 50.2 Å². The minimum atomic E-state index is -0.938. The number of hydrogen-bond donors (Lipinski definition) is 2. The molecular formula is C21H20N4O3. The predicted octanol–water partition coefficient (Wildman–Crippen LogP) is 3.19. The fraction of sp³-hybridized carbons (Fsp3) is 0.238. The number of aromatic nitrogens is 3. The first-order valence-corrected chi connectivity index (χ1v) is 9.21. The number of aromatic carboxylic acids is 1. The standard InChI is InChI=1S/C21H20N4O3/c26-20(18-9-2-1-8-17(18)19-22-13-23-24-19)25-10-4-7-16(12-25)14-5-3-6-15(11-14)21(27)28/h1-3,5-6,8-9,11,13,16H,4,7,10,12H2,(H,27,28)(H,22,23,24)/t16-/m1/s1. The lowest BCUT2D eigenvalue weighted by molar-refractivity contribution is 0.0688. The van der Waals surface area contributed by atoms with Gasteiger partial charge in [0, 0.05) is 24.6 Å². The van der Waals surface area contributed by atoms with E-state index in [-0.39, 0.29) is 17.4 Å². The highest BCUT2D eigenvalue weighted by molar-refractivity contribution is 6.00. The summed E-state index contributed by atoms with van der Waals surface area (Å²) in [6.07, 6.45) is 3.22. The summed E-state index contributed by atoms with van der Waals surface area (Å²) in [6.45, 7) is 1.24. The van der Waals surface area contributed by atoms with Gasteiger partial charge < -0.3 is 10.0 Å². The van der Waals surface area contributed by atoms with Crippen LogP contribution < -0.4 is 0 Å². The number of aromatic amines is 1. The van der Waals surface area contributed by atoms with Gasteiger partial charge in [-0.25, -0.2) is 9.78 Å². The van der Waals surface area contributed by atoms with Crippen molar-refractivity contribution in [3.8, 4) is 11.4 Å². The number of hydrogen-bond acceptors (Lipinski definition) is 4. The Morgan fingerprint density at radius 3 is 2.79 bits per heavy atom. The van der Waals surface area contributed by atoms with E-state index in [4.69, 9.17) is 0 Å². The second kappa shape index (κ2) is 7.64. The number of nitrogens with zero attached hydrogens (tertiary/aromatic N) is 3. The summed E-state index contributed by atoms with van der Waals surface area (Å²) in [4.78, 5) is 30.5. The zero-order valence-corrected chi connectivity index (χ0v) is 15.2. The van der Waals surface area contributed by atoms with E-state index in [0.717, 1.165) is 24.0 Å². The highest BCUT2D eigenvalue weighted by atomic mass is 16.4. The lowest BCUT2D eigenvalue weighted by atomic mass is 9.89. The van der Waals surface area contributed by atoms with E-state index in [9.17, 15) is 14.7 Å². The normalized spacial score (nSPS) is 16.7. The lowest BCUT2D eigenvalue weighted by Crippen LogP contribution is -2.39. The molecule has 142 valence electrons. The first-order valence-electron chi connectivity index (χ1n) is 9.21. The Morgan fingerprint density at radius 1 is 1.14 bits per heavy atom. The molecule has 7 heteroatoms. The van der Waals surface area contributed by atoms with Gasteiger partial charge in [0.1, 0.15) is 6.33 Å². The molecule has 1 saturated heterocycles. The quantitative estimate of drug-likeness (QED) is 0.728. The Morgan fingerprint density at radius 2 is 2.00 bits per heavy atom. The maximum absolute atomic E-state index is 13.2. The van der Waals surface area contributed by atoms with E-state index in [1.54, 1.807) is 24.3 Å². The van der Waals surface area contributed by atoms with Gasteiger partial charge in [0.05, 0.1) is 11.1 Å². The average Bonchev–Trinajstić information content (AvgIpc) is 3.28. The SMILES string of the molecule is O=C(O)c1cccc([C@@H]2CCCN(C(=O)c3ccccc3-c3ncn[nH]3)C2)c1. The van der Waals surface area contributed by atoms with Gasteiger partial charge in [-0.1, -0.05) is 30.3 Å². The maximum atomic E-state index is 13.2. The van der Waals surface area contributed by atoms with E-state index in [1.807, 2.05) is 29.2 Å². The van der Waals surface area contributed by atoms with E-state index < -0.39 is 5.97 Å². The Labute approximate surface area is 162 Å². The number of nitrogens with one attached hydrogen (secondary N) is 1. The smallest absolute Gasteiger partial charge is 0.335 e. The van der Waals surface area contributed by atoms with Gasteiger partial charge in [-0.15, -0.1) is 0 Å². The molecule has 2 N–H and O–H groups in total. The van der Waals surface area contributed by atoms with Gasteiger partial charge in [-0.2, -0.15) is 5.10 Å². The monoisotopic (exact) mass is 376 g/mol. The number of amides is 1. The highest BCUT2D eigenvalue weighted by Crippen LogP contribution is 2.30. The third-order valence-electron chi connectivity index (χ3n) is 5.14. The van der Waals surface area contributed by atoms with Crippen LogP contribution >= 0.6 is 0 Å². The molecule has 7 nitrogen and oxygen atoms in total. The minimum Gasteiger partial charge on any atom is -0.478 e. The fourth-order valence-corrected chi connectivity index (χ4v) is 3.74.